The number of halogens is 1. The molecule has 2 rings (SSSR count). The van der Waals surface area contributed by atoms with E-state index in [4.69, 9.17) is 9.15 Å². The summed E-state index contributed by atoms with van der Waals surface area (Å²) >= 11 is 2.18. The highest BCUT2D eigenvalue weighted by Gasteiger charge is 2.13. The Morgan fingerprint density at radius 2 is 2.33 bits per heavy atom. The van der Waals surface area contributed by atoms with Crippen molar-refractivity contribution in [3.63, 3.8) is 0 Å². The molecule has 2 heterocycles. The van der Waals surface area contributed by atoms with Crippen molar-refractivity contribution in [2.75, 3.05) is 13.2 Å². The molecule has 0 aromatic carbocycles. The molecule has 4 heteroatoms. The van der Waals surface area contributed by atoms with Crippen LogP contribution in [0.4, 0.5) is 0 Å². The molecular weight excluding hydrogens is 305 g/mol. The fourth-order valence-electron chi connectivity index (χ4n) is 1.77. The SMILES string of the molecule is Ic1ccc(CNCC2CCCCO2)o1. The van der Waals surface area contributed by atoms with Crippen LogP contribution in [0.5, 0.6) is 0 Å². The van der Waals surface area contributed by atoms with Gasteiger partial charge in [0.05, 0.1) is 12.6 Å². The fourth-order valence-corrected chi connectivity index (χ4v) is 2.23. The van der Waals surface area contributed by atoms with E-state index in [2.05, 4.69) is 27.9 Å². The van der Waals surface area contributed by atoms with Gasteiger partial charge >= 0.3 is 0 Å². The summed E-state index contributed by atoms with van der Waals surface area (Å²) in [5.74, 6) is 0.996. The van der Waals surface area contributed by atoms with E-state index >= 15 is 0 Å². The summed E-state index contributed by atoms with van der Waals surface area (Å²) < 4.78 is 12.0. The average molecular weight is 321 g/mol. The summed E-state index contributed by atoms with van der Waals surface area (Å²) in [6.45, 7) is 2.64. The van der Waals surface area contributed by atoms with E-state index < -0.39 is 0 Å². The second-order valence-corrected chi connectivity index (χ2v) is 4.89. The first-order chi connectivity index (χ1) is 7.34. The third kappa shape index (κ3) is 3.77. The smallest absolute Gasteiger partial charge is 0.164 e. The van der Waals surface area contributed by atoms with Gasteiger partial charge in [-0.3, -0.25) is 0 Å². The summed E-state index contributed by atoms with van der Waals surface area (Å²) in [6.07, 6.45) is 4.09. The molecule has 1 aromatic heterocycles. The quantitative estimate of drug-likeness (QED) is 0.866. The summed E-state index contributed by atoms with van der Waals surface area (Å²) in [5.41, 5.74) is 0. The van der Waals surface area contributed by atoms with Gasteiger partial charge in [-0.1, -0.05) is 0 Å². The van der Waals surface area contributed by atoms with E-state index in [1.54, 1.807) is 0 Å². The van der Waals surface area contributed by atoms with Gasteiger partial charge in [0.25, 0.3) is 0 Å². The molecule has 1 aliphatic rings. The minimum absolute atomic E-state index is 0.396. The normalized spacial score (nSPS) is 21.8. The van der Waals surface area contributed by atoms with Crippen molar-refractivity contribution in [1.29, 1.82) is 0 Å². The molecule has 1 unspecified atom stereocenters. The highest BCUT2D eigenvalue weighted by molar-refractivity contribution is 14.1. The van der Waals surface area contributed by atoms with Gasteiger partial charge in [0.15, 0.2) is 3.77 Å². The van der Waals surface area contributed by atoms with Crippen LogP contribution >= 0.6 is 22.6 Å². The topological polar surface area (TPSA) is 34.4 Å². The summed E-state index contributed by atoms with van der Waals surface area (Å²) in [7, 11) is 0. The molecule has 0 aliphatic carbocycles. The van der Waals surface area contributed by atoms with Crippen molar-refractivity contribution < 1.29 is 9.15 Å². The van der Waals surface area contributed by atoms with E-state index in [0.717, 1.165) is 29.2 Å². The van der Waals surface area contributed by atoms with Gasteiger partial charge in [0.1, 0.15) is 5.76 Å². The Bertz CT molecular complexity index is 295. The molecule has 0 radical (unpaired) electrons. The molecule has 1 saturated heterocycles. The molecule has 0 amide bonds. The molecule has 0 saturated carbocycles. The maximum atomic E-state index is 5.63. The minimum atomic E-state index is 0.396. The van der Waals surface area contributed by atoms with Crippen LogP contribution in [0.25, 0.3) is 0 Å². The molecule has 1 aromatic rings. The van der Waals surface area contributed by atoms with Crippen LogP contribution in [-0.2, 0) is 11.3 Å². The van der Waals surface area contributed by atoms with Crippen LogP contribution in [0.2, 0.25) is 0 Å². The Balaban J connectivity index is 1.65. The zero-order chi connectivity index (χ0) is 10.5. The predicted molar refractivity (Wildman–Crippen MR) is 66.7 cm³/mol. The fraction of sp³-hybridized carbons (Fsp3) is 0.636. The van der Waals surface area contributed by atoms with Crippen molar-refractivity contribution in [3.8, 4) is 0 Å². The van der Waals surface area contributed by atoms with Crippen LogP contribution in [-0.4, -0.2) is 19.3 Å². The number of hydrogen-bond donors (Lipinski definition) is 1. The monoisotopic (exact) mass is 321 g/mol. The average Bonchev–Trinajstić information content (AvgIpc) is 2.66. The number of furan rings is 1. The highest BCUT2D eigenvalue weighted by Crippen LogP contribution is 2.12. The van der Waals surface area contributed by atoms with Crippen molar-refractivity contribution in [2.45, 2.75) is 31.9 Å². The molecule has 0 spiro atoms. The molecule has 1 fully saturated rings. The first kappa shape index (κ1) is 11.4. The van der Waals surface area contributed by atoms with Gasteiger partial charge in [0.2, 0.25) is 0 Å². The van der Waals surface area contributed by atoms with Gasteiger partial charge in [-0.05, 0) is 54.0 Å². The first-order valence-electron chi connectivity index (χ1n) is 5.41. The summed E-state index contributed by atoms with van der Waals surface area (Å²) in [4.78, 5) is 0. The van der Waals surface area contributed by atoms with Crippen LogP contribution in [0.1, 0.15) is 25.0 Å². The maximum Gasteiger partial charge on any atom is 0.164 e. The lowest BCUT2D eigenvalue weighted by atomic mass is 10.1. The zero-order valence-corrected chi connectivity index (χ0v) is 10.8. The molecular formula is C11H16INO2. The molecule has 1 N–H and O–H groups in total. The standard InChI is InChI=1S/C11H16INO2/c12-11-5-4-10(15-11)8-13-7-9-3-1-2-6-14-9/h4-5,9,13H,1-3,6-8H2. The second-order valence-electron chi connectivity index (χ2n) is 3.83. The Kier molecular flexibility index (Phi) is 4.46. The van der Waals surface area contributed by atoms with Gasteiger partial charge in [-0.25, -0.2) is 0 Å². The van der Waals surface area contributed by atoms with Crippen molar-refractivity contribution >= 4 is 22.6 Å². The summed E-state index contributed by atoms with van der Waals surface area (Å²) in [5, 5.41) is 3.36. The van der Waals surface area contributed by atoms with Crippen molar-refractivity contribution in [2.24, 2.45) is 0 Å². The third-order valence-corrected chi connectivity index (χ3v) is 3.15. The van der Waals surface area contributed by atoms with Gasteiger partial charge in [0, 0.05) is 13.2 Å². The largest absolute Gasteiger partial charge is 0.454 e. The molecule has 84 valence electrons. The van der Waals surface area contributed by atoms with E-state index in [0.29, 0.717) is 6.10 Å². The zero-order valence-electron chi connectivity index (χ0n) is 8.67. The lowest BCUT2D eigenvalue weighted by Crippen LogP contribution is -2.31. The molecule has 1 atom stereocenters. The second kappa shape index (κ2) is 5.86. The number of rotatable bonds is 4. The van der Waals surface area contributed by atoms with E-state index in [-0.39, 0.29) is 0 Å². The summed E-state index contributed by atoms with van der Waals surface area (Å²) in [6, 6.07) is 3.99. The number of ether oxygens (including phenoxy) is 1. The van der Waals surface area contributed by atoms with Crippen LogP contribution < -0.4 is 5.32 Å². The molecule has 1 aliphatic heterocycles. The Labute approximate surface area is 104 Å². The molecule has 15 heavy (non-hydrogen) atoms. The maximum absolute atomic E-state index is 5.63. The molecule has 3 nitrogen and oxygen atoms in total. The highest BCUT2D eigenvalue weighted by atomic mass is 127. The van der Waals surface area contributed by atoms with E-state index in [1.165, 1.54) is 19.3 Å². The van der Waals surface area contributed by atoms with E-state index in [1.807, 2.05) is 12.1 Å². The van der Waals surface area contributed by atoms with Gasteiger partial charge in [-0.2, -0.15) is 0 Å². The first-order valence-corrected chi connectivity index (χ1v) is 6.49. The minimum Gasteiger partial charge on any atom is -0.454 e. The Hall–Kier alpha value is -0.0700. The van der Waals surface area contributed by atoms with Crippen LogP contribution in [0, 0.1) is 3.77 Å². The van der Waals surface area contributed by atoms with Gasteiger partial charge < -0.3 is 14.5 Å². The van der Waals surface area contributed by atoms with E-state index in [9.17, 15) is 0 Å². The lowest BCUT2D eigenvalue weighted by molar-refractivity contribution is 0.0165. The van der Waals surface area contributed by atoms with Crippen molar-refractivity contribution in [3.05, 3.63) is 21.7 Å². The van der Waals surface area contributed by atoms with Crippen molar-refractivity contribution in [1.82, 2.24) is 5.32 Å². The third-order valence-electron chi connectivity index (χ3n) is 2.57. The van der Waals surface area contributed by atoms with Crippen LogP contribution in [0.15, 0.2) is 16.5 Å². The Morgan fingerprint density at radius 3 is 3.00 bits per heavy atom. The number of nitrogens with one attached hydrogen (secondary N) is 1. The van der Waals surface area contributed by atoms with Gasteiger partial charge in [-0.15, -0.1) is 0 Å². The Morgan fingerprint density at radius 1 is 1.40 bits per heavy atom. The number of hydrogen-bond acceptors (Lipinski definition) is 3. The lowest BCUT2D eigenvalue weighted by Gasteiger charge is -2.22. The van der Waals surface area contributed by atoms with Crippen LogP contribution in [0.3, 0.4) is 0 Å². The molecule has 0 bridgehead atoms. The predicted octanol–water partition coefficient (Wildman–Crippen LogP) is 2.54.